The van der Waals surface area contributed by atoms with Gasteiger partial charge in [-0.15, -0.1) is 0 Å². The van der Waals surface area contributed by atoms with Gasteiger partial charge in [0.2, 0.25) is 0 Å². The first-order chi connectivity index (χ1) is 25.6. The zero-order valence-corrected chi connectivity index (χ0v) is 27.6. The van der Waals surface area contributed by atoms with Gasteiger partial charge in [-0.05, 0) is 65.4 Å². The average Bonchev–Trinajstić information content (AvgIpc) is 3.22. The lowest BCUT2D eigenvalue weighted by atomic mass is 9.59. The summed E-state index contributed by atoms with van der Waals surface area (Å²) in [5, 5.41) is 0. The summed E-state index contributed by atoms with van der Waals surface area (Å²) >= 11 is 0. The third-order valence-electron chi connectivity index (χ3n) is 8.87. The van der Waals surface area contributed by atoms with Gasteiger partial charge in [0.25, 0.3) is 0 Å². The first kappa shape index (κ1) is 31.8. The molecule has 8 rings (SSSR count). The summed E-state index contributed by atoms with van der Waals surface area (Å²) < 4.78 is 0. The second kappa shape index (κ2) is 13.5. The normalized spacial score (nSPS) is 13.4. The fourth-order valence-electron chi connectivity index (χ4n) is 6.82. The van der Waals surface area contributed by atoms with E-state index in [1.54, 1.807) is 7.05 Å². The number of aliphatic imine (C=N–C) groups is 3. The molecule has 3 heterocycles. The summed E-state index contributed by atoms with van der Waals surface area (Å²) in [6.45, 7) is 3.55. The number of hydrogen-bond donors (Lipinski definition) is 0. The van der Waals surface area contributed by atoms with Crippen molar-refractivity contribution in [3.8, 4) is 34.2 Å². The van der Waals surface area contributed by atoms with Crippen LogP contribution in [0.1, 0.15) is 43.7 Å². The topological polar surface area (TPSA) is 170 Å². The summed E-state index contributed by atoms with van der Waals surface area (Å²) in [4.78, 5) is 66.3. The van der Waals surface area contributed by atoms with Crippen LogP contribution in [0, 0.1) is 0 Å². The lowest BCUT2D eigenvalue weighted by Crippen LogP contribution is -2.38. The van der Waals surface area contributed by atoms with Gasteiger partial charge in [-0.1, -0.05) is 48.5 Å². The van der Waals surface area contributed by atoms with Crippen LogP contribution in [0.4, 0.5) is 0 Å². The van der Waals surface area contributed by atoms with Crippen molar-refractivity contribution in [1.29, 1.82) is 0 Å². The van der Waals surface area contributed by atoms with E-state index in [1.807, 2.05) is 84.9 Å². The molecule has 13 heteroatoms. The van der Waals surface area contributed by atoms with E-state index in [1.165, 1.54) is 44.3 Å². The molecule has 0 spiro atoms. The van der Waals surface area contributed by atoms with Crippen LogP contribution in [0.25, 0.3) is 34.2 Å². The van der Waals surface area contributed by atoms with Crippen molar-refractivity contribution in [2.45, 2.75) is 5.41 Å². The van der Waals surface area contributed by atoms with Crippen LogP contribution in [0.3, 0.4) is 0 Å². The molecule has 0 saturated carbocycles. The first-order valence-corrected chi connectivity index (χ1v) is 16.0. The highest BCUT2D eigenvalue weighted by atomic mass is 16.1. The highest BCUT2D eigenvalue weighted by Gasteiger charge is 2.47. The first-order valence-electron chi connectivity index (χ1n) is 16.0. The molecule has 4 aromatic carbocycles. The van der Waals surface area contributed by atoms with Crippen LogP contribution < -0.4 is 0 Å². The van der Waals surface area contributed by atoms with Gasteiger partial charge < -0.3 is 0 Å². The van der Waals surface area contributed by atoms with Crippen molar-refractivity contribution in [2.75, 3.05) is 7.05 Å². The van der Waals surface area contributed by atoms with Gasteiger partial charge in [-0.25, -0.2) is 49.8 Å². The van der Waals surface area contributed by atoms with Crippen molar-refractivity contribution in [3.63, 3.8) is 0 Å². The Hall–Kier alpha value is -7.41. The van der Waals surface area contributed by atoms with E-state index in [9.17, 15) is 4.79 Å². The summed E-state index contributed by atoms with van der Waals surface area (Å²) in [5.74, 6) is 1.65. The minimum absolute atomic E-state index is 0.0838. The molecule has 13 nitrogen and oxygen atoms in total. The molecule has 0 fully saturated rings. The van der Waals surface area contributed by atoms with Crippen molar-refractivity contribution in [2.24, 2.45) is 15.0 Å². The molecule has 0 unspecified atom stereocenters. The number of fused-ring (bicyclic) bond motifs is 2. The Balaban J connectivity index is 1.56. The van der Waals surface area contributed by atoms with Gasteiger partial charge >= 0.3 is 0 Å². The van der Waals surface area contributed by atoms with Crippen LogP contribution >= 0.6 is 0 Å². The number of carbonyl (C=O) groups excluding carboxylic acids is 1. The Morgan fingerprint density at radius 3 is 1.52 bits per heavy atom. The second-order valence-electron chi connectivity index (χ2n) is 11.6. The summed E-state index contributed by atoms with van der Waals surface area (Å²) in [6.07, 6.45) is 10.0. The number of ketones is 1. The maximum Gasteiger partial charge on any atom is 0.193 e. The van der Waals surface area contributed by atoms with Crippen LogP contribution in [0.2, 0.25) is 0 Å². The van der Waals surface area contributed by atoms with E-state index in [4.69, 9.17) is 0 Å². The van der Waals surface area contributed by atoms with E-state index < -0.39 is 5.41 Å². The average molecular weight is 679 g/mol. The predicted molar refractivity (Wildman–Crippen MR) is 195 cm³/mol. The van der Waals surface area contributed by atoms with Gasteiger partial charge in [0, 0.05) is 40.4 Å². The number of benzene rings is 4. The fourth-order valence-corrected chi connectivity index (χ4v) is 6.82. The standard InChI is InChI=1S/C39H26N12O/c1-40-17-45-35(41-2)24-11-25(36-46-18-42-19-47-36)14-28(13-24)39(32-9-5-3-7-30(32)34(52)31-8-4-6-10-33(31)39)29-15-26(37-48-20-43-21-49-37)12-27(16-29)38-50-22-44-23-51-38/h3-23H,1H2,2H3. The van der Waals surface area contributed by atoms with Gasteiger partial charge in [-0.2, -0.15) is 0 Å². The summed E-state index contributed by atoms with van der Waals surface area (Å²) in [6, 6.07) is 27.3. The molecule has 0 amide bonds. The van der Waals surface area contributed by atoms with Crippen LogP contribution in [-0.4, -0.2) is 76.6 Å². The van der Waals surface area contributed by atoms with Crippen LogP contribution in [-0.2, 0) is 5.41 Å². The number of carbonyl (C=O) groups is 1. The van der Waals surface area contributed by atoms with Gasteiger partial charge in [-0.3, -0.25) is 14.8 Å². The lowest BCUT2D eigenvalue weighted by molar-refractivity contribution is 0.103. The maximum atomic E-state index is 14.3. The second-order valence-corrected chi connectivity index (χ2v) is 11.6. The fraction of sp³-hybridized carbons (Fsp3) is 0.0513. The van der Waals surface area contributed by atoms with E-state index in [0.717, 1.165) is 22.3 Å². The van der Waals surface area contributed by atoms with Gasteiger partial charge in [0.1, 0.15) is 44.3 Å². The smallest absolute Gasteiger partial charge is 0.193 e. The van der Waals surface area contributed by atoms with Crippen LogP contribution in [0.5, 0.6) is 0 Å². The summed E-state index contributed by atoms with van der Waals surface area (Å²) in [5.41, 5.74) is 5.78. The number of aromatic nitrogens is 9. The van der Waals surface area contributed by atoms with E-state index in [-0.39, 0.29) is 5.78 Å². The lowest BCUT2D eigenvalue weighted by Gasteiger charge is -2.42. The molecule has 0 aliphatic heterocycles. The molecule has 0 N–H and O–H groups in total. The van der Waals surface area contributed by atoms with E-state index in [2.05, 4.69) is 66.6 Å². The molecule has 3 aromatic heterocycles. The highest BCUT2D eigenvalue weighted by molar-refractivity contribution is 6.14. The van der Waals surface area contributed by atoms with E-state index >= 15 is 0 Å². The van der Waals surface area contributed by atoms with Crippen molar-refractivity contribution in [1.82, 2.24) is 44.9 Å². The number of nitrogens with zero attached hydrogens (tertiary/aromatic N) is 12. The molecule has 248 valence electrons. The number of hydrogen-bond acceptors (Lipinski definition) is 11. The Morgan fingerprint density at radius 1 is 0.615 bits per heavy atom. The maximum absolute atomic E-state index is 14.3. The summed E-state index contributed by atoms with van der Waals surface area (Å²) in [7, 11) is 1.66. The Bertz CT molecular complexity index is 2420. The third-order valence-corrected chi connectivity index (χ3v) is 8.87. The molecular formula is C39H26N12O. The molecule has 0 atom stereocenters. The molecule has 1 aliphatic rings. The van der Waals surface area contributed by atoms with E-state index in [0.29, 0.717) is 56.7 Å². The minimum atomic E-state index is -1.14. The van der Waals surface area contributed by atoms with Crippen molar-refractivity contribution >= 4 is 24.7 Å². The Kier molecular flexibility index (Phi) is 8.25. The minimum Gasteiger partial charge on any atom is -0.289 e. The molecule has 52 heavy (non-hydrogen) atoms. The molecule has 7 aromatic rings. The highest BCUT2D eigenvalue weighted by Crippen LogP contribution is 2.52. The molecular weight excluding hydrogens is 653 g/mol. The Labute approximate surface area is 297 Å². The van der Waals surface area contributed by atoms with Crippen molar-refractivity contribution < 1.29 is 4.79 Å². The Morgan fingerprint density at radius 2 is 1.06 bits per heavy atom. The molecule has 1 aliphatic carbocycles. The predicted octanol–water partition coefficient (Wildman–Crippen LogP) is 5.28. The SMILES string of the molecule is C=NC=NC(=NC)c1cc(-c2ncncn2)cc(C2(c3cc(-c4ncncn4)cc(-c4ncncn4)c3)c3ccccc3C(=O)c3ccccc32)c1. The van der Waals surface area contributed by atoms with Gasteiger partial charge in [0.05, 0.1) is 5.41 Å². The zero-order chi connectivity index (χ0) is 35.5. The largest absolute Gasteiger partial charge is 0.289 e. The quantitative estimate of drug-likeness (QED) is 0.160. The van der Waals surface area contributed by atoms with Gasteiger partial charge in [0.15, 0.2) is 29.1 Å². The van der Waals surface area contributed by atoms with Crippen molar-refractivity contribution in [3.05, 3.63) is 162 Å². The number of rotatable bonds is 7. The monoisotopic (exact) mass is 678 g/mol. The van der Waals surface area contributed by atoms with Crippen LogP contribution in [0.15, 0.2) is 138 Å². The third kappa shape index (κ3) is 5.42. The number of amidine groups is 1. The molecule has 0 saturated heterocycles. The molecule has 0 bridgehead atoms. The zero-order valence-electron chi connectivity index (χ0n) is 27.6. The molecule has 0 radical (unpaired) electrons.